The van der Waals surface area contributed by atoms with Crippen molar-refractivity contribution in [2.75, 3.05) is 10.6 Å². The average Bonchev–Trinajstić information content (AvgIpc) is 3.06. The van der Waals surface area contributed by atoms with Gasteiger partial charge in [-0.05, 0) is 79.5 Å². The summed E-state index contributed by atoms with van der Waals surface area (Å²) in [7, 11) is 0. The lowest BCUT2D eigenvalue weighted by Crippen LogP contribution is -2.71. The van der Waals surface area contributed by atoms with Gasteiger partial charge in [-0.25, -0.2) is 4.99 Å². The Kier molecular flexibility index (Phi) is 6.08. The maximum atomic E-state index is 6.37. The monoisotopic (exact) mass is 595 g/mol. The molecule has 0 saturated carbocycles. The number of hydrogen-bond donors (Lipinski definition) is 3. The zero-order valence-electron chi connectivity index (χ0n) is 25.5. The lowest BCUT2D eigenvalue weighted by atomic mass is 9.91. The first kappa shape index (κ1) is 26.7. The molecule has 0 spiro atoms. The Labute approximate surface area is 267 Å². The SMILES string of the molecule is C/C=C\c1ccc(C2N=C(C3NC(c4cc5ccccc5c5ccccc45)N3c3cc4ccccc4c4ccccc34)N2)cc1N. The number of nitrogen functional groups attached to an aromatic ring is 1. The van der Waals surface area contributed by atoms with Crippen LogP contribution in [0.15, 0.2) is 138 Å². The van der Waals surface area contributed by atoms with Gasteiger partial charge in [-0.15, -0.1) is 0 Å². The molecule has 0 radical (unpaired) electrons. The van der Waals surface area contributed by atoms with Crippen LogP contribution >= 0.6 is 0 Å². The molecule has 3 unspecified atom stereocenters. The molecule has 0 aliphatic carbocycles. The number of nitrogens with two attached hydrogens (primary N) is 1. The van der Waals surface area contributed by atoms with Gasteiger partial charge in [-0.2, -0.15) is 0 Å². The van der Waals surface area contributed by atoms with Crippen molar-refractivity contribution in [2.45, 2.75) is 25.4 Å². The molecule has 4 N–H and O–H groups in total. The molecular weight excluding hydrogens is 562 g/mol. The third-order valence-electron chi connectivity index (χ3n) is 9.58. The van der Waals surface area contributed by atoms with E-state index in [1.807, 2.05) is 25.1 Å². The summed E-state index contributed by atoms with van der Waals surface area (Å²) in [5.74, 6) is 0.930. The zero-order valence-corrected chi connectivity index (χ0v) is 25.5. The normalized spacial score (nSPS) is 19.4. The Balaban J connectivity index is 1.19. The summed E-state index contributed by atoms with van der Waals surface area (Å²) < 4.78 is 0. The van der Waals surface area contributed by atoms with Crippen molar-refractivity contribution in [3.05, 3.63) is 150 Å². The number of nitrogens with zero attached hydrogens (tertiary/aromatic N) is 2. The van der Waals surface area contributed by atoms with Crippen molar-refractivity contribution >= 4 is 66.4 Å². The molecule has 5 nitrogen and oxygen atoms in total. The van der Waals surface area contributed by atoms with E-state index in [1.54, 1.807) is 0 Å². The number of aliphatic imine (C=N–C) groups is 1. The molecule has 7 aromatic rings. The highest BCUT2D eigenvalue weighted by molar-refractivity contribution is 6.14. The molecule has 2 aliphatic rings. The number of allylic oxidation sites excluding steroid dienone is 1. The summed E-state index contributed by atoms with van der Waals surface area (Å²) in [5, 5.41) is 17.6. The quantitative estimate of drug-likeness (QED) is 0.137. The minimum Gasteiger partial charge on any atom is -0.398 e. The topological polar surface area (TPSA) is 65.7 Å². The molecule has 3 atom stereocenters. The maximum Gasteiger partial charge on any atom is 0.147 e. The number of anilines is 2. The van der Waals surface area contributed by atoms with Gasteiger partial charge in [0.05, 0.1) is 0 Å². The first-order chi connectivity index (χ1) is 22.7. The fourth-order valence-electron chi connectivity index (χ4n) is 7.35. The lowest BCUT2D eigenvalue weighted by molar-refractivity contribution is 0.321. The molecule has 2 aliphatic heterocycles. The van der Waals surface area contributed by atoms with Crippen LogP contribution in [0.25, 0.3) is 49.2 Å². The van der Waals surface area contributed by atoms with E-state index in [0.717, 1.165) is 22.6 Å². The Morgan fingerprint density at radius 2 is 1.24 bits per heavy atom. The van der Waals surface area contributed by atoms with E-state index in [2.05, 4.69) is 137 Å². The van der Waals surface area contributed by atoms with E-state index in [0.29, 0.717) is 0 Å². The van der Waals surface area contributed by atoms with Crippen LogP contribution in [0.1, 0.15) is 35.9 Å². The van der Waals surface area contributed by atoms with Crippen molar-refractivity contribution in [1.82, 2.24) is 10.6 Å². The number of hydrogen-bond acceptors (Lipinski definition) is 5. The molecule has 1 fully saturated rings. The third kappa shape index (κ3) is 4.09. The Morgan fingerprint density at radius 1 is 0.652 bits per heavy atom. The van der Waals surface area contributed by atoms with E-state index in [1.165, 1.54) is 54.3 Å². The molecule has 46 heavy (non-hydrogen) atoms. The number of rotatable bonds is 5. The van der Waals surface area contributed by atoms with Crippen LogP contribution in [0.4, 0.5) is 11.4 Å². The van der Waals surface area contributed by atoms with Gasteiger partial charge < -0.3 is 16.0 Å². The highest BCUT2D eigenvalue weighted by Gasteiger charge is 2.46. The Bertz CT molecular complexity index is 2390. The molecule has 7 aromatic carbocycles. The van der Waals surface area contributed by atoms with Gasteiger partial charge >= 0.3 is 0 Å². The number of fused-ring (bicyclic) bond motifs is 6. The molecule has 0 bridgehead atoms. The van der Waals surface area contributed by atoms with E-state index in [4.69, 9.17) is 10.7 Å². The van der Waals surface area contributed by atoms with Crippen LogP contribution in [0.5, 0.6) is 0 Å². The molecule has 222 valence electrons. The summed E-state index contributed by atoms with van der Waals surface area (Å²) in [6, 6.07) is 45.8. The fourth-order valence-corrected chi connectivity index (χ4v) is 7.35. The first-order valence-corrected chi connectivity index (χ1v) is 15.9. The van der Waals surface area contributed by atoms with E-state index in [9.17, 15) is 0 Å². The Morgan fingerprint density at radius 3 is 1.91 bits per heavy atom. The van der Waals surface area contributed by atoms with Crippen LogP contribution < -0.4 is 21.3 Å². The Hall–Kier alpha value is -5.65. The molecule has 2 heterocycles. The third-order valence-corrected chi connectivity index (χ3v) is 9.58. The highest BCUT2D eigenvalue weighted by atomic mass is 15.5. The van der Waals surface area contributed by atoms with Gasteiger partial charge in [0.25, 0.3) is 0 Å². The summed E-state index contributed by atoms with van der Waals surface area (Å²) >= 11 is 0. The van der Waals surface area contributed by atoms with Gasteiger partial charge in [-0.3, -0.25) is 5.32 Å². The summed E-state index contributed by atoms with van der Waals surface area (Å²) in [6.07, 6.45) is 3.74. The molecular formula is C41H33N5. The van der Waals surface area contributed by atoms with Gasteiger partial charge in [-0.1, -0.05) is 121 Å². The van der Waals surface area contributed by atoms with Gasteiger partial charge in [0.15, 0.2) is 0 Å². The smallest absolute Gasteiger partial charge is 0.147 e. The van der Waals surface area contributed by atoms with Crippen LogP contribution in [0.3, 0.4) is 0 Å². The minimum absolute atomic E-state index is 0.0524. The van der Waals surface area contributed by atoms with Crippen molar-refractivity contribution in [3.63, 3.8) is 0 Å². The predicted molar refractivity (Wildman–Crippen MR) is 194 cm³/mol. The molecule has 1 saturated heterocycles. The zero-order chi connectivity index (χ0) is 30.8. The fraction of sp³-hybridized carbons (Fsp3) is 0.0976. The van der Waals surface area contributed by atoms with Crippen LogP contribution in [-0.2, 0) is 0 Å². The maximum absolute atomic E-state index is 6.37. The van der Waals surface area contributed by atoms with Crippen molar-refractivity contribution in [1.29, 1.82) is 0 Å². The van der Waals surface area contributed by atoms with Crippen LogP contribution in [0.2, 0.25) is 0 Å². The second-order valence-electron chi connectivity index (χ2n) is 12.2. The minimum atomic E-state index is -0.130. The second-order valence-corrected chi connectivity index (χ2v) is 12.2. The van der Waals surface area contributed by atoms with E-state index < -0.39 is 0 Å². The summed E-state index contributed by atoms with van der Waals surface area (Å²) in [4.78, 5) is 7.63. The van der Waals surface area contributed by atoms with E-state index in [-0.39, 0.29) is 18.5 Å². The van der Waals surface area contributed by atoms with Crippen molar-refractivity contribution < 1.29 is 0 Å². The summed E-state index contributed by atoms with van der Waals surface area (Å²) in [5.41, 5.74) is 11.7. The lowest BCUT2D eigenvalue weighted by Gasteiger charge is -2.54. The van der Waals surface area contributed by atoms with Gasteiger partial charge in [0.2, 0.25) is 0 Å². The molecule has 5 heteroatoms. The van der Waals surface area contributed by atoms with Gasteiger partial charge in [0, 0.05) is 16.8 Å². The first-order valence-electron chi connectivity index (χ1n) is 15.9. The molecule has 9 rings (SSSR count). The highest BCUT2D eigenvalue weighted by Crippen LogP contribution is 2.45. The standard InChI is InChI=1S/C41H33N5/c1-2-11-25-20-21-28(23-36(25)42)38-43-39(44-38)41-45-40(35-22-26-12-3-5-14-29(26)31-16-7-8-18-33(31)35)46(41)37-24-27-13-4-6-15-30(27)32-17-9-10-19-34(32)37/h2-24,38,40-41,45H,42H2,1H3,(H,43,44)/b11-2-. The summed E-state index contributed by atoms with van der Waals surface area (Å²) in [6.45, 7) is 2.00. The molecule has 0 aromatic heterocycles. The van der Waals surface area contributed by atoms with Crippen LogP contribution in [0, 0.1) is 0 Å². The molecule has 0 amide bonds. The average molecular weight is 596 g/mol. The number of nitrogens with one attached hydrogen (secondary N) is 2. The van der Waals surface area contributed by atoms with Gasteiger partial charge in [0.1, 0.15) is 24.3 Å². The van der Waals surface area contributed by atoms with Crippen molar-refractivity contribution in [3.8, 4) is 0 Å². The number of amidine groups is 1. The second kappa shape index (κ2) is 10.5. The number of benzene rings is 7. The van der Waals surface area contributed by atoms with Crippen LogP contribution in [-0.4, -0.2) is 12.0 Å². The van der Waals surface area contributed by atoms with E-state index >= 15 is 0 Å². The largest absolute Gasteiger partial charge is 0.398 e. The van der Waals surface area contributed by atoms with Crippen molar-refractivity contribution in [2.24, 2.45) is 4.99 Å². The predicted octanol–water partition coefficient (Wildman–Crippen LogP) is 9.05.